The summed E-state index contributed by atoms with van der Waals surface area (Å²) in [4.78, 5) is 21.1. The Balaban J connectivity index is 1.34. The number of nitrogens with zero attached hydrogens (tertiary/aromatic N) is 3. The molecular formula is C33H41FIN3O4S. The second kappa shape index (κ2) is 14.2. The normalized spacial score (nSPS) is 19.7. The van der Waals surface area contributed by atoms with E-state index in [0.717, 1.165) is 75.4 Å². The fourth-order valence-electron chi connectivity index (χ4n) is 6.52. The van der Waals surface area contributed by atoms with Gasteiger partial charge in [0, 0.05) is 60.3 Å². The molecule has 1 N–H and O–H groups in total. The number of benzene rings is 2. The molecule has 0 bridgehead atoms. The average molecular weight is 722 g/mol. The van der Waals surface area contributed by atoms with Crippen molar-refractivity contribution >= 4 is 45.0 Å². The minimum atomic E-state index is -0.822. The van der Waals surface area contributed by atoms with Gasteiger partial charge in [0.2, 0.25) is 0 Å². The van der Waals surface area contributed by atoms with E-state index in [1.165, 1.54) is 11.3 Å². The first-order valence-corrected chi connectivity index (χ1v) is 17.4. The molecule has 0 amide bonds. The molecule has 232 valence electrons. The van der Waals surface area contributed by atoms with Crippen molar-refractivity contribution in [3.8, 4) is 17.0 Å². The van der Waals surface area contributed by atoms with Crippen LogP contribution in [-0.4, -0.2) is 64.3 Å². The van der Waals surface area contributed by atoms with Crippen molar-refractivity contribution in [1.82, 2.24) is 9.88 Å². The van der Waals surface area contributed by atoms with Crippen molar-refractivity contribution < 1.29 is 23.8 Å². The molecule has 7 nitrogen and oxygen atoms in total. The summed E-state index contributed by atoms with van der Waals surface area (Å²) in [5, 5.41) is 12.4. The van der Waals surface area contributed by atoms with Crippen LogP contribution >= 0.6 is 33.9 Å². The highest BCUT2D eigenvalue weighted by Gasteiger charge is 2.35. The summed E-state index contributed by atoms with van der Waals surface area (Å²) in [7, 11) is 1.56. The molecule has 3 aromatic rings. The number of anilines is 1. The van der Waals surface area contributed by atoms with Gasteiger partial charge in [-0.1, -0.05) is 41.6 Å². The number of rotatable bonds is 11. The van der Waals surface area contributed by atoms with Gasteiger partial charge < -0.3 is 19.5 Å². The van der Waals surface area contributed by atoms with Crippen LogP contribution in [0.25, 0.3) is 11.3 Å². The van der Waals surface area contributed by atoms with Crippen LogP contribution < -0.4 is 9.64 Å². The van der Waals surface area contributed by atoms with Gasteiger partial charge in [-0.25, -0.2) is 9.37 Å². The molecule has 0 spiro atoms. The Morgan fingerprint density at radius 3 is 2.79 bits per heavy atom. The van der Waals surface area contributed by atoms with Crippen LogP contribution in [0.2, 0.25) is 0 Å². The van der Waals surface area contributed by atoms with E-state index in [-0.39, 0.29) is 12.4 Å². The van der Waals surface area contributed by atoms with E-state index in [0.29, 0.717) is 36.9 Å². The SMILES string of the molecule is CCC(CCI)N1CCc2c(F)c(COc3c(C)cccc3-c3csc(N4CC[C@@H](C(=O)O)[C@@H](OC)C4)n3)cc(C)c2C1. The van der Waals surface area contributed by atoms with E-state index in [1.807, 2.05) is 36.6 Å². The number of halogens is 2. The number of hydrogen-bond donors (Lipinski definition) is 1. The van der Waals surface area contributed by atoms with Gasteiger partial charge in [0.25, 0.3) is 0 Å². The Morgan fingerprint density at radius 1 is 1.26 bits per heavy atom. The summed E-state index contributed by atoms with van der Waals surface area (Å²) in [6.07, 6.45) is 3.11. The average Bonchev–Trinajstić information content (AvgIpc) is 3.51. The highest BCUT2D eigenvalue weighted by molar-refractivity contribution is 14.1. The Kier molecular flexibility index (Phi) is 10.6. The fourth-order valence-corrected chi connectivity index (χ4v) is 8.10. The third-order valence-electron chi connectivity index (χ3n) is 9.02. The lowest BCUT2D eigenvalue weighted by atomic mass is 9.91. The van der Waals surface area contributed by atoms with Gasteiger partial charge >= 0.3 is 5.97 Å². The third-order valence-corrected chi connectivity index (χ3v) is 10.5. The van der Waals surface area contributed by atoms with Gasteiger partial charge in [-0.15, -0.1) is 11.3 Å². The van der Waals surface area contributed by atoms with Gasteiger partial charge in [-0.05, 0) is 73.9 Å². The van der Waals surface area contributed by atoms with Crippen molar-refractivity contribution in [2.24, 2.45) is 5.92 Å². The maximum atomic E-state index is 15.9. The quantitative estimate of drug-likeness (QED) is 0.168. The summed E-state index contributed by atoms with van der Waals surface area (Å²) < 4.78 is 28.9. The van der Waals surface area contributed by atoms with E-state index < -0.39 is 18.0 Å². The number of aromatic nitrogens is 1. The number of aryl methyl sites for hydroxylation is 2. The zero-order chi connectivity index (χ0) is 30.7. The second-order valence-corrected chi connectivity index (χ2v) is 13.5. The van der Waals surface area contributed by atoms with Gasteiger partial charge in [0.05, 0.1) is 17.7 Å². The molecule has 2 aliphatic heterocycles. The second-order valence-electron chi connectivity index (χ2n) is 11.6. The van der Waals surface area contributed by atoms with E-state index in [1.54, 1.807) is 7.11 Å². The van der Waals surface area contributed by atoms with Crippen LogP contribution in [0.15, 0.2) is 29.6 Å². The number of hydrogen-bond acceptors (Lipinski definition) is 7. The van der Waals surface area contributed by atoms with Crippen LogP contribution in [0, 0.1) is 25.6 Å². The molecule has 3 atom stereocenters. The molecular weight excluding hydrogens is 680 g/mol. The monoisotopic (exact) mass is 721 g/mol. The number of carboxylic acid groups (broad SMARTS) is 1. The molecule has 1 fully saturated rings. The van der Waals surface area contributed by atoms with Crippen LogP contribution in [0.5, 0.6) is 5.75 Å². The minimum Gasteiger partial charge on any atom is -0.488 e. The number of piperidine rings is 1. The standard InChI is InChI=1S/C33H41FIN3O4S/c1-5-23(9-12-35)37-13-10-24-27(16-37)21(3)15-22(30(24)34)18-42-31-20(2)7-6-8-25(31)28-19-43-33(36-28)38-14-11-26(32(39)40)29(17-38)41-4/h6-8,15,19,23,26,29H,5,9-14,16-18H2,1-4H3,(H,39,40)/t23?,26-,29+/m1/s1. The molecule has 1 unspecified atom stereocenters. The Bertz CT molecular complexity index is 1450. The molecule has 5 rings (SSSR count). The molecule has 3 heterocycles. The van der Waals surface area contributed by atoms with Crippen molar-refractivity contribution in [2.75, 3.05) is 36.1 Å². The van der Waals surface area contributed by atoms with Gasteiger partial charge in [0.15, 0.2) is 5.13 Å². The maximum absolute atomic E-state index is 15.9. The van der Waals surface area contributed by atoms with E-state index in [4.69, 9.17) is 14.5 Å². The molecule has 0 aliphatic carbocycles. The van der Waals surface area contributed by atoms with E-state index in [9.17, 15) is 9.90 Å². The molecule has 0 radical (unpaired) electrons. The number of thiazole rings is 1. The summed E-state index contributed by atoms with van der Waals surface area (Å²) in [6, 6.07) is 8.46. The molecule has 43 heavy (non-hydrogen) atoms. The lowest BCUT2D eigenvalue weighted by Gasteiger charge is -2.36. The Morgan fingerprint density at radius 2 is 2.07 bits per heavy atom. The zero-order valence-corrected chi connectivity index (χ0v) is 28.3. The van der Waals surface area contributed by atoms with E-state index in [2.05, 4.69) is 46.2 Å². The Hall–Kier alpha value is -2.28. The lowest BCUT2D eigenvalue weighted by Crippen LogP contribution is -2.47. The van der Waals surface area contributed by atoms with Gasteiger partial charge in [-0.2, -0.15) is 0 Å². The smallest absolute Gasteiger partial charge is 0.309 e. The highest BCUT2D eigenvalue weighted by atomic mass is 127. The third kappa shape index (κ3) is 6.87. The first-order chi connectivity index (χ1) is 20.7. The number of carboxylic acids is 1. The fraction of sp³-hybridized carbons (Fsp3) is 0.515. The molecule has 2 aliphatic rings. The zero-order valence-electron chi connectivity index (χ0n) is 25.4. The molecule has 1 aromatic heterocycles. The Labute approximate surface area is 271 Å². The molecule has 10 heteroatoms. The topological polar surface area (TPSA) is 75.1 Å². The lowest BCUT2D eigenvalue weighted by molar-refractivity contribution is -0.147. The summed E-state index contributed by atoms with van der Waals surface area (Å²) >= 11 is 3.97. The van der Waals surface area contributed by atoms with Gasteiger partial charge in [0.1, 0.15) is 18.2 Å². The van der Waals surface area contributed by atoms with E-state index >= 15 is 4.39 Å². The van der Waals surface area contributed by atoms with Crippen LogP contribution in [0.4, 0.5) is 9.52 Å². The van der Waals surface area contributed by atoms with Crippen molar-refractivity contribution in [3.63, 3.8) is 0 Å². The van der Waals surface area contributed by atoms with Crippen molar-refractivity contribution in [2.45, 2.75) is 71.8 Å². The number of aliphatic carboxylic acids is 1. The summed E-state index contributed by atoms with van der Waals surface area (Å²) in [5.74, 6) is -0.773. The van der Waals surface area contributed by atoms with Crippen molar-refractivity contribution in [3.05, 3.63) is 63.3 Å². The number of methoxy groups -OCH3 is 1. The predicted octanol–water partition coefficient (Wildman–Crippen LogP) is 7.03. The number of alkyl halides is 1. The molecule has 1 saturated heterocycles. The first kappa shape index (κ1) is 32.1. The summed E-state index contributed by atoms with van der Waals surface area (Å²) in [5.41, 5.74) is 6.29. The minimum absolute atomic E-state index is 0.134. The first-order valence-electron chi connectivity index (χ1n) is 15.0. The number of ether oxygens (including phenoxy) is 2. The van der Waals surface area contributed by atoms with Gasteiger partial charge in [-0.3, -0.25) is 9.69 Å². The highest BCUT2D eigenvalue weighted by Crippen LogP contribution is 2.38. The molecule has 0 saturated carbocycles. The van der Waals surface area contributed by atoms with Crippen LogP contribution in [-0.2, 0) is 29.1 Å². The molecule has 2 aromatic carbocycles. The number of para-hydroxylation sites is 1. The van der Waals surface area contributed by atoms with Crippen LogP contribution in [0.1, 0.15) is 54.0 Å². The predicted molar refractivity (Wildman–Crippen MR) is 178 cm³/mol. The summed E-state index contributed by atoms with van der Waals surface area (Å²) in [6.45, 7) is 9.24. The number of fused-ring (bicyclic) bond motifs is 1. The largest absolute Gasteiger partial charge is 0.488 e. The number of carbonyl (C=O) groups is 1. The van der Waals surface area contributed by atoms with Crippen molar-refractivity contribution in [1.29, 1.82) is 0 Å². The van der Waals surface area contributed by atoms with Crippen LogP contribution in [0.3, 0.4) is 0 Å². The maximum Gasteiger partial charge on any atom is 0.309 e.